The van der Waals surface area contributed by atoms with Crippen molar-refractivity contribution < 1.29 is 4.79 Å². The summed E-state index contributed by atoms with van der Waals surface area (Å²) in [4.78, 5) is 15.2. The molecule has 0 radical (unpaired) electrons. The molecular weight excluding hydrogens is 348 g/mol. The molecule has 0 bridgehead atoms. The second-order valence-electron chi connectivity index (χ2n) is 7.87. The Morgan fingerprint density at radius 2 is 2.12 bits per heavy atom. The lowest BCUT2D eigenvalue weighted by Gasteiger charge is -2.20. The normalized spacial score (nSPS) is 25.1. The van der Waals surface area contributed by atoms with E-state index in [1.807, 2.05) is 33.8 Å². The van der Waals surface area contributed by atoms with Gasteiger partial charge >= 0.3 is 0 Å². The van der Waals surface area contributed by atoms with Crippen LogP contribution >= 0.6 is 11.6 Å². The van der Waals surface area contributed by atoms with E-state index in [1.165, 1.54) is 0 Å². The lowest BCUT2D eigenvalue weighted by atomic mass is 9.98. The Morgan fingerprint density at radius 1 is 1.31 bits per heavy atom. The number of rotatable bonds is 3. The number of fused-ring (bicyclic) bond motifs is 1. The molecule has 2 aromatic rings. The van der Waals surface area contributed by atoms with Crippen molar-refractivity contribution in [2.75, 3.05) is 13.1 Å². The van der Waals surface area contributed by atoms with Crippen molar-refractivity contribution in [3.05, 3.63) is 46.7 Å². The van der Waals surface area contributed by atoms with E-state index < -0.39 is 0 Å². The van der Waals surface area contributed by atoms with E-state index in [9.17, 15) is 4.79 Å². The first kappa shape index (κ1) is 17.6. The number of benzene rings is 1. The first-order valence-electron chi connectivity index (χ1n) is 9.34. The molecule has 1 aliphatic carbocycles. The molecule has 1 aliphatic heterocycles. The first-order chi connectivity index (χ1) is 12.5. The van der Waals surface area contributed by atoms with E-state index in [1.54, 1.807) is 6.20 Å². The number of hydrogen-bond acceptors (Lipinski definition) is 3. The number of hydrogen-bond donors (Lipinski definition) is 1. The zero-order chi connectivity index (χ0) is 18.4. The Morgan fingerprint density at radius 3 is 2.81 bits per heavy atom. The van der Waals surface area contributed by atoms with Gasteiger partial charge in [-0.25, -0.2) is 4.68 Å². The maximum absolute atomic E-state index is 13.2. The molecule has 1 aromatic carbocycles. The number of aromatic nitrogens is 2. The standard InChI is InChI=1S/C20H25ClN4O/c1-12(2)19-16(9-23-25(19)15-5-3-4-14(21)8-15)20(26)24-10-13-6-7-18(22)17(13)11-24/h3-5,8-9,12-13,17-18H,6-7,10-11,22H2,1-2H3. The average Bonchev–Trinajstić information content (AvgIpc) is 3.30. The third-order valence-corrected chi connectivity index (χ3v) is 6.07. The third kappa shape index (κ3) is 2.93. The van der Waals surface area contributed by atoms with Crippen LogP contribution in [0.25, 0.3) is 5.69 Å². The van der Waals surface area contributed by atoms with Crippen LogP contribution < -0.4 is 5.73 Å². The molecule has 3 atom stereocenters. The number of likely N-dealkylation sites (tertiary alicyclic amines) is 1. The van der Waals surface area contributed by atoms with Gasteiger partial charge in [-0.05, 0) is 48.8 Å². The summed E-state index contributed by atoms with van der Waals surface area (Å²) in [5, 5.41) is 5.17. The maximum Gasteiger partial charge on any atom is 0.257 e. The fourth-order valence-electron chi connectivity index (χ4n) is 4.54. The molecule has 5 nitrogen and oxygen atoms in total. The highest BCUT2D eigenvalue weighted by atomic mass is 35.5. The number of halogens is 1. The highest BCUT2D eigenvalue weighted by Crippen LogP contribution is 2.38. The van der Waals surface area contributed by atoms with Gasteiger partial charge in [0, 0.05) is 24.2 Å². The predicted molar refractivity (Wildman–Crippen MR) is 103 cm³/mol. The van der Waals surface area contributed by atoms with Crippen molar-refractivity contribution >= 4 is 17.5 Å². The summed E-state index contributed by atoms with van der Waals surface area (Å²) in [6.45, 7) is 5.76. The van der Waals surface area contributed by atoms with Crippen molar-refractivity contribution in [3.8, 4) is 5.69 Å². The zero-order valence-corrected chi connectivity index (χ0v) is 16.0. The smallest absolute Gasteiger partial charge is 0.257 e. The first-order valence-corrected chi connectivity index (χ1v) is 9.72. The second kappa shape index (κ2) is 6.71. The summed E-state index contributed by atoms with van der Waals surface area (Å²) in [7, 11) is 0. The molecule has 6 heteroatoms. The van der Waals surface area contributed by atoms with Gasteiger partial charge in [0.1, 0.15) is 0 Å². The van der Waals surface area contributed by atoms with Crippen LogP contribution in [0.3, 0.4) is 0 Å². The Bertz CT molecular complexity index is 831. The van der Waals surface area contributed by atoms with Gasteiger partial charge in [0.05, 0.1) is 23.1 Å². The van der Waals surface area contributed by atoms with Crippen LogP contribution in [-0.2, 0) is 0 Å². The molecule has 2 N–H and O–H groups in total. The van der Waals surface area contributed by atoms with E-state index >= 15 is 0 Å². The molecule has 3 unspecified atom stereocenters. The van der Waals surface area contributed by atoms with Crippen LogP contribution in [0, 0.1) is 11.8 Å². The number of carbonyl (C=O) groups is 1. The lowest BCUT2D eigenvalue weighted by Crippen LogP contribution is -2.33. The number of nitrogens with two attached hydrogens (primary N) is 1. The van der Waals surface area contributed by atoms with Crippen LogP contribution in [0.4, 0.5) is 0 Å². The molecule has 26 heavy (non-hydrogen) atoms. The largest absolute Gasteiger partial charge is 0.338 e. The summed E-state index contributed by atoms with van der Waals surface area (Å²) in [6, 6.07) is 7.79. The average molecular weight is 373 g/mol. The van der Waals surface area contributed by atoms with Gasteiger partial charge in [0.2, 0.25) is 0 Å². The second-order valence-corrected chi connectivity index (χ2v) is 8.30. The van der Waals surface area contributed by atoms with Gasteiger partial charge in [-0.15, -0.1) is 0 Å². The van der Waals surface area contributed by atoms with Crippen LogP contribution in [-0.4, -0.2) is 39.7 Å². The predicted octanol–water partition coefficient (Wildman–Crippen LogP) is 3.46. The van der Waals surface area contributed by atoms with Crippen LogP contribution in [0.5, 0.6) is 0 Å². The van der Waals surface area contributed by atoms with Gasteiger partial charge < -0.3 is 10.6 Å². The fraction of sp³-hybridized carbons (Fsp3) is 0.500. The topological polar surface area (TPSA) is 64.2 Å². The molecular formula is C20H25ClN4O. The molecule has 1 saturated heterocycles. The van der Waals surface area contributed by atoms with Gasteiger partial charge in [-0.2, -0.15) is 5.10 Å². The molecule has 1 saturated carbocycles. The fourth-order valence-corrected chi connectivity index (χ4v) is 4.72. The number of carbonyl (C=O) groups excluding carboxylic acids is 1. The Balaban J connectivity index is 1.66. The monoisotopic (exact) mass is 372 g/mol. The van der Waals surface area contributed by atoms with Gasteiger partial charge in [-0.3, -0.25) is 4.79 Å². The van der Waals surface area contributed by atoms with E-state index in [-0.39, 0.29) is 17.9 Å². The molecule has 0 spiro atoms. The Kier molecular flexibility index (Phi) is 4.53. The molecule has 2 heterocycles. The molecule has 138 valence electrons. The van der Waals surface area contributed by atoms with E-state index in [4.69, 9.17) is 17.3 Å². The van der Waals surface area contributed by atoms with Crippen molar-refractivity contribution in [1.82, 2.24) is 14.7 Å². The lowest BCUT2D eigenvalue weighted by molar-refractivity contribution is 0.0778. The van der Waals surface area contributed by atoms with Crippen LogP contribution in [0.15, 0.2) is 30.5 Å². The SMILES string of the molecule is CC(C)c1c(C(=O)N2CC3CCC(N)C3C2)cnn1-c1cccc(Cl)c1. The van der Waals surface area contributed by atoms with Crippen molar-refractivity contribution in [2.45, 2.75) is 38.6 Å². The summed E-state index contributed by atoms with van der Waals surface area (Å²) >= 11 is 6.14. The minimum atomic E-state index is 0.0728. The van der Waals surface area contributed by atoms with Crippen LogP contribution in [0.1, 0.15) is 48.7 Å². The third-order valence-electron chi connectivity index (χ3n) is 5.84. The number of amides is 1. The molecule has 1 aromatic heterocycles. The van der Waals surface area contributed by atoms with Crippen LogP contribution in [0.2, 0.25) is 5.02 Å². The summed E-state index contributed by atoms with van der Waals surface area (Å²) in [5.41, 5.74) is 8.72. The van der Waals surface area contributed by atoms with Gasteiger partial charge in [-0.1, -0.05) is 31.5 Å². The van der Waals surface area contributed by atoms with Crippen molar-refractivity contribution in [2.24, 2.45) is 17.6 Å². The van der Waals surface area contributed by atoms with E-state index in [2.05, 4.69) is 18.9 Å². The summed E-state index contributed by atoms with van der Waals surface area (Å²) in [6.07, 6.45) is 3.92. The Hall–Kier alpha value is -1.85. The highest BCUT2D eigenvalue weighted by Gasteiger charge is 2.43. The van der Waals surface area contributed by atoms with Gasteiger partial charge in [0.15, 0.2) is 0 Å². The zero-order valence-electron chi connectivity index (χ0n) is 15.2. The molecule has 1 amide bonds. The summed E-state index contributed by atoms with van der Waals surface area (Å²) < 4.78 is 1.84. The minimum Gasteiger partial charge on any atom is -0.338 e. The Labute approximate surface area is 159 Å². The van der Waals surface area contributed by atoms with E-state index in [0.29, 0.717) is 22.4 Å². The maximum atomic E-state index is 13.2. The molecule has 2 fully saturated rings. The number of nitrogens with zero attached hydrogens (tertiary/aromatic N) is 3. The quantitative estimate of drug-likeness (QED) is 0.897. The minimum absolute atomic E-state index is 0.0728. The van der Waals surface area contributed by atoms with E-state index in [0.717, 1.165) is 37.3 Å². The molecule has 2 aliphatic rings. The molecule has 4 rings (SSSR count). The van der Waals surface area contributed by atoms with Crippen molar-refractivity contribution in [1.29, 1.82) is 0 Å². The van der Waals surface area contributed by atoms with Crippen molar-refractivity contribution in [3.63, 3.8) is 0 Å². The highest BCUT2D eigenvalue weighted by molar-refractivity contribution is 6.30. The summed E-state index contributed by atoms with van der Waals surface area (Å²) in [5.74, 6) is 1.24. The van der Waals surface area contributed by atoms with Gasteiger partial charge in [0.25, 0.3) is 5.91 Å².